The fraction of sp³-hybridized carbons (Fsp3) is 0.429. The molecule has 1 aliphatic rings. The van der Waals surface area contributed by atoms with Gasteiger partial charge in [-0.3, -0.25) is 4.79 Å². The third-order valence-corrected chi connectivity index (χ3v) is 4.79. The molecule has 6 nitrogen and oxygen atoms in total. The maximum atomic E-state index is 12.0. The van der Waals surface area contributed by atoms with Crippen LogP contribution < -0.4 is 10.6 Å². The fourth-order valence-corrected chi connectivity index (χ4v) is 3.11. The number of carbonyl (C=O) groups excluding carboxylic acids is 1. The average molecular weight is 368 g/mol. The molecule has 2 aromatic rings. The summed E-state index contributed by atoms with van der Waals surface area (Å²) in [6, 6.07) is 11.1. The molecule has 1 saturated heterocycles. The quantitative estimate of drug-likeness (QED) is 0.623. The molecule has 3 rings (SSSR count). The molecule has 27 heavy (non-hydrogen) atoms. The molecule has 1 aliphatic heterocycles. The van der Waals surface area contributed by atoms with Crippen molar-refractivity contribution in [1.82, 2.24) is 10.2 Å². The number of amides is 1. The van der Waals surface area contributed by atoms with Crippen LogP contribution in [0, 0.1) is 5.92 Å². The number of aliphatic imine (C=N–C) groups is 1. The monoisotopic (exact) mass is 368 g/mol. The lowest BCUT2D eigenvalue weighted by Gasteiger charge is -2.33. The molecule has 0 atom stereocenters. The standard InChI is InChI=1S/C21H28N4O2/c1-3-22-21(25-12-10-16(2)11-13-25)23-15-17-6-8-18(9-7-17)24-20(26)19-5-4-14-27-19/h4-9,14,16H,3,10-13,15H2,1-2H3,(H,22,23)(H,24,26). The Labute approximate surface area is 160 Å². The molecule has 1 aromatic heterocycles. The summed E-state index contributed by atoms with van der Waals surface area (Å²) in [5.41, 5.74) is 1.84. The highest BCUT2D eigenvalue weighted by atomic mass is 16.3. The highest BCUT2D eigenvalue weighted by molar-refractivity contribution is 6.02. The van der Waals surface area contributed by atoms with Gasteiger partial charge in [-0.15, -0.1) is 0 Å². The topological polar surface area (TPSA) is 69.9 Å². The van der Waals surface area contributed by atoms with Crippen molar-refractivity contribution < 1.29 is 9.21 Å². The number of hydrogen-bond donors (Lipinski definition) is 2. The highest BCUT2D eigenvalue weighted by Crippen LogP contribution is 2.17. The van der Waals surface area contributed by atoms with Crippen LogP contribution in [0.1, 0.15) is 42.8 Å². The summed E-state index contributed by atoms with van der Waals surface area (Å²) in [7, 11) is 0. The van der Waals surface area contributed by atoms with E-state index in [4.69, 9.17) is 9.41 Å². The minimum atomic E-state index is -0.250. The van der Waals surface area contributed by atoms with Crippen LogP contribution >= 0.6 is 0 Å². The Balaban J connectivity index is 1.59. The zero-order chi connectivity index (χ0) is 19.1. The van der Waals surface area contributed by atoms with E-state index in [0.29, 0.717) is 12.3 Å². The van der Waals surface area contributed by atoms with E-state index in [1.807, 2.05) is 24.3 Å². The van der Waals surface area contributed by atoms with Crippen LogP contribution in [0.5, 0.6) is 0 Å². The molecule has 0 aliphatic carbocycles. The minimum absolute atomic E-state index is 0.250. The van der Waals surface area contributed by atoms with Crippen LogP contribution in [0.4, 0.5) is 5.69 Å². The Morgan fingerprint density at radius 3 is 2.59 bits per heavy atom. The maximum absolute atomic E-state index is 12.0. The lowest BCUT2D eigenvalue weighted by atomic mass is 10.00. The Morgan fingerprint density at radius 1 is 1.22 bits per heavy atom. The number of nitrogens with one attached hydrogen (secondary N) is 2. The van der Waals surface area contributed by atoms with E-state index in [9.17, 15) is 4.79 Å². The van der Waals surface area contributed by atoms with Gasteiger partial charge in [0.2, 0.25) is 0 Å². The van der Waals surface area contributed by atoms with Crippen LogP contribution in [-0.2, 0) is 6.54 Å². The molecular weight excluding hydrogens is 340 g/mol. The molecule has 1 amide bonds. The Bertz CT molecular complexity index is 745. The van der Waals surface area contributed by atoms with Crippen molar-refractivity contribution in [2.75, 3.05) is 25.0 Å². The molecule has 0 bridgehead atoms. The molecule has 144 valence electrons. The van der Waals surface area contributed by atoms with Crippen LogP contribution in [0.15, 0.2) is 52.1 Å². The van der Waals surface area contributed by atoms with Gasteiger partial charge in [0, 0.05) is 25.3 Å². The number of guanidine groups is 1. The number of carbonyl (C=O) groups is 1. The van der Waals surface area contributed by atoms with Gasteiger partial charge in [0.15, 0.2) is 11.7 Å². The van der Waals surface area contributed by atoms with Crippen molar-refractivity contribution in [2.24, 2.45) is 10.9 Å². The van der Waals surface area contributed by atoms with Gasteiger partial charge in [0.05, 0.1) is 12.8 Å². The van der Waals surface area contributed by atoms with E-state index in [0.717, 1.165) is 42.8 Å². The van der Waals surface area contributed by atoms with E-state index in [1.54, 1.807) is 12.1 Å². The second-order valence-corrected chi connectivity index (χ2v) is 6.97. The number of anilines is 1. The summed E-state index contributed by atoms with van der Waals surface area (Å²) < 4.78 is 5.10. The van der Waals surface area contributed by atoms with E-state index < -0.39 is 0 Å². The van der Waals surface area contributed by atoms with Crippen molar-refractivity contribution in [2.45, 2.75) is 33.2 Å². The first-order chi connectivity index (χ1) is 13.2. The second-order valence-electron chi connectivity index (χ2n) is 6.97. The van der Waals surface area contributed by atoms with Crippen LogP contribution in [0.25, 0.3) is 0 Å². The Kier molecular flexibility index (Phi) is 6.52. The third-order valence-electron chi connectivity index (χ3n) is 4.79. The molecular formula is C21H28N4O2. The minimum Gasteiger partial charge on any atom is -0.459 e. The van der Waals surface area contributed by atoms with Gasteiger partial charge < -0.3 is 20.0 Å². The van der Waals surface area contributed by atoms with Crippen molar-refractivity contribution in [3.05, 3.63) is 54.0 Å². The first kappa shape index (κ1) is 19.0. The number of hydrogen-bond acceptors (Lipinski definition) is 3. The molecule has 1 fully saturated rings. The molecule has 0 saturated carbocycles. The van der Waals surface area contributed by atoms with Crippen molar-refractivity contribution in [3.63, 3.8) is 0 Å². The number of piperidine rings is 1. The summed E-state index contributed by atoms with van der Waals surface area (Å²) >= 11 is 0. The van der Waals surface area contributed by atoms with Crippen molar-refractivity contribution in [1.29, 1.82) is 0 Å². The zero-order valence-electron chi connectivity index (χ0n) is 16.1. The van der Waals surface area contributed by atoms with Gasteiger partial charge in [0.25, 0.3) is 5.91 Å². The van der Waals surface area contributed by atoms with Gasteiger partial charge in [-0.05, 0) is 55.5 Å². The SMILES string of the molecule is CCNC(=NCc1ccc(NC(=O)c2ccco2)cc1)N1CCC(C)CC1. The number of nitrogens with zero attached hydrogens (tertiary/aromatic N) is 2. The molecule has 0 spiro atoms. The van der Waals surface area contributed by atoms with Gasteiger partial charge in [-0.25, -0.2) is 4.99 Å². The van der Waals surface area contributed by atoms with Crippen LogP contribution in [0.3, 0.4) is 0 Å². The lowest BCUT2D eigenvalue weighted by Crippen LogP contribution is -2.45. The number of likely N-dealkylation sites (tertiary alicyclic amines) is 1. The predicted molar refractivity (Wildman–Crippen MR) is 108 cm³/mol. The Morgan fingerprint density at radius 2 is 1.96 bits per heavy atom. The summed E-state index contributed by atoms with van der Waals surface area (Å²) in [5, 5.41) is 6.22. The fourth-order valence-electron chi connectivity index (χ4n) is 3.11. The third kappa shape index (κ3) is 5.36. The molecule has 1 aromatic carbocycles. The van der Waals surface area contributed by atoms with Gasteiger partial charge >= 0.3 is 0 Å². The number of furan rings is 1. The van der Waals surface area contributed by atoms with E-state index in [-0.39, 0.29) is 5.91 Å². The summed E-state index contributed by atoms with van der Waals surface area (Å²) in [5.74, 6) is 1.84. The smallest absolute Gasteiger partial charge is 0.291 e. The first-order valence-electron chi connectivity index (χ1n) is 9.62. The first-order valence-corrected chi connectivity index (χ1v) is 9.62. The molecule has 0 unspecified atom stereocenters. The average Bonchev–Trinajstić information content (AvgIpc) is 3.22. The van der Waals surface area contributed by atoms with Crippen LogP contribution in [-0.4, -0.2) is 36.4 Å². The second kappa shape index (κ2) is 9.26. The summed E-state index contributed by atoms with van der Waals surface area (Å²) in [4.78, 5) is 19.1. The van der Waals surface area contributed by atoms with Gasteiger partial charge in [-0.2, -0.15) is 0 Å². The molecule has 0 radical (unpaired) electrons. The normalized spacial score (nSPS) is 15.6. The van der Waals surface area contributed by atoms with E-state index >= 15 is 0 Å². The van der Waals surface area contributed by atoms with Gasteiger partial charge in [0.1, 0.15) is 0 Å². The van der Waals surface area contributed by atoms with E-state index in [1.165, 1.54) is 19.1 Å². The van der Waals surface area contributed by atoms with Crippen molar-refractivity contribution >= 4 is 17.6 Å². The Hall–Kier alpha value is -2.76. The highest BCUT2D eigenvalue weighted by Gasteiger charge is 2.18. The van der Waals surface area contributed by atoms with Gasteiger partial charge in [-0.1, -0.05) is 19.1 Å². The molecule has 2 N–H and O–H groups in total. The van der Waals surface area contributed by atoms with Crippen molar-refractivity contribution in [3.8, 4) is 0 Å². The lowest BCUT2D eigenvalue weighted by molar-refractivity contribution is 0.0996. The molecule has 2 heterocycles. The predicted octanol–water partition coefficient (Wildman–Crippen LogP) is 3.73. The zero-order valence-corrected chi connectivity index (χ0v) is 16.1. The summed E-state index contributed by atoms with van der Waals surface area (Å²) in [6.07, 6.45) is 3.92. The van der Waals surface area contributed by atoms with E-state index in [2.05, 4.69) is 29.4 Å². The maximum Gasteiger partial charge on any atom is 0.291 e. The largest absolute Gasteiger partial charge is 0.459 e. The molecule has 6 heteroatoms. The number of benzene rings is 1. The number of rotatable bonds is 5. The van der Waals surface area contributed by atoms with Crippen LogP contribution in [0.2, 0.25) is 0 Å². The summed E-state index contributed by atoms with van der Waals surface area (Å²) in [6.45, 7) is 8.01.